The van der Waals surface area contributed by atoms with Crippen LogP contribution >= 0.6 is 0 Å². The first kappa shape index (κ1) is 32.4. The minimum absolute atomic E-state index is 0.213. The first-order valence-electron chi connectivity index (χ1n) is 15.9. The van der Waals surface area contributed by atoms with Gasteiger partial charge >= 0.3 is 0 Å². The molecule has 6 aromatic rings. The normalized spacial score (nSPS) is 16.6. The van der Waals surface area contributed by atoms with Gasteiger partial charge in [-0.05, 0) is 65.9 Å². The quantitative estimate of drug-likeness (QED) is 0.140. The van der Waals surface area contributed by atoms with Gasteiger partial charge in [-0.25, -0.2) is 23.4 Å². The highest BCUT2D eigenvalue weighted by atomic mass is 32.2. The summed E-state index contributed by atoms with van der Waals surface area (Å²) in [6.07, 6.45) is 5.31. The van der Waals surface area contributed by atoms with Crippen LogP contribution in [0.2, 0.25) is 0 Å². The zero-order valence-corrected chi connectivity index (χ0v) is 28.2. The second-order valence-corrected chi connectivity index (χ2v) is 14.0. The molecule has 10 nitrogen and oxygen atoms in total. The lowest BCUT2D eigenvalue weighted by molar-refractivity contribution is -0.0756. The summed E-state index contributed by atoms with van der Waals surface area (Å²) in [4.78, 5) is 13.9. The van der Waals surface area contributed by atoms with Gasteiger partial charge in [-0.2, -0.15) is 0 Å². The first-order chi connectivity index (χ1) is 23.8. The van der Waals surface area contributed by atoms with Crippen molar-refractivity contribution in [1.82, 2.24) is 19.5 Å². The molecule has 250 valence electrons. The number of ether oxygens (including phenoxy) is 4. The van der Waals surface area contributed by atoms with Gasteiger partial charge in [-0.15, -0.1) is 0 Å². The van der Waals surface area contributed by atoms with Crippen molar-refractivity contribution >= 4 is 21.0 Å². The SMILES string of the molecule is COc1ccc(C(OC[C@H]2CC[C@H](n3cnc4c(-c5cccc(S(C)(=O)=O)c5)ncnc43)O2)(c2ccccc2)c2ccc(OC)cc2)cc1. The lowest BCUT2D eigenvalue weighted by atomic mass is 9.80. The van der Waals surface area contributed by atoms with E-state index in [2.05, 4.69) is 27.1 Å². The molecule has 7 rings (SSSR count). The van der Waals surface area contributed by atoms with Gasteiger partial charge in [-0.1, -0.05) is 66.7 Å². The number of methoxy groups -OCH3 is 2. The molecule has 0 amide bonds. The van der Waals surface area contributed by atoms with Crippen LogP contribution in [0.5, 0.6) is 11.5 Å². The van der Waals surface area contributed by atoms with Crippen molar-refractivity contribution in [1.29, 1.82) is 0 Å². The van der Waals surface area contributed by atoms with Crippen LogP contribution in [-0.2, 0) is 24.9 Å². The van der Waals surface area contributed by atoms with Gasteiger partial charge in [0.05, 0.1) is 38.2 Å². The van der Waals surface area contributed by atoms with Crippen LogP contribution in [0.1, 0.15) is 35.8 Å². The molecule has 0 unspecified atom stereocenters. The summed E-state index contributed by atoms with van der Waals surface area (Å²) in [7, 11) is -0.0830. The Morgan fingerprint density at radius 2 is 1.45 bits per heavy atom. The molecule has 0 spiro atoms. The van der Waals surface area contributed by atoms with Crippen molar-refractivity contribution < 1.29 is 27.4 Å². The van der Waals surface area contributed by atoms with Crippen LogP contribution in [-0.4, -0.2) is 61.1 Å². The molecule has 0 aliphatic carbocycles. The monoisotopic (exact) mass is 676 g/mol. The predicted molar refractivity (Wildman–Crippen MR) is 185 cm³/mol. The Kier molecular flexibility index (Phi) is 8.89. The number of aromatic nitrogens is 4. The molecule has 4 aromatic carbocycles. The minimum atomic E-state index is -3.39. The third kappa shape index (κ3) is 6.28. The number of fused-ring (bicyclic) bond motifs is 1. The van der Waals surface area contributed by atoms with Gasteiger partial charge in [0, 0.05) is 11.8 Å². The standard InChI is InChI=1S/C38H36N4O6S/c1-45-30-16-12-28(13-17-30)38(27-9-5-4-6-10-27,29-14-18-31(46-2)19-15-29)47-23-32-20-21-34(48-32)42-25-41-36-35(39-24-40-37(36)42)26-8-7-11-33(22-26)49(3,43)44/h4-19,22,24-25,32,34H,20-21,23H2,1-3H3/t32-,34-/m1/s1. The van der Waals surface area contributed by atoms with Crippen LogP contribution in [0.4, 0.5) is 0 Å². The molecular weight excluding hydrogens is 641 g/mol. The van der Waals surface area contributed by atoms with Crippen molar-refractivity contribution in [3.63, 3.8) is 0 Å². The van der Waals surface area contributed by atoms with Gasteiger partial charge < -0.3 is 18.9 Å². The van der Waals surface area contributed by atoms with Gasteiger partial charge in [0.1, 0.15) is 40.9 Å². The number of hydrogen-bond donors (Lipinski definition) is 0. The predicted octanol–water partition coefficient (Wildman–Crippen LogP) is 6.60. The number of imidazole rings is 1. The molecule has 11 heteroatoms. The summed E-state index contributed by atoms with van der Waals surface area (Å²) >= 11 is 0. The van der Waals surface area contributed by atoms with E-state index < -0.39 is 15.4 Å². The third-order valence-electron chi connectivity index (χ3n) is 8.95. The van der Waals surface area contributed by atoms with E-state index in [-0.39, 0.29) is 17.2 Å². The van der Waals surface area contributed by atoms with Crippen molar-refractivity contribution in [2.45, 2.75) is 35.7 Å². The van der Waals surface area contributed by atoms with Crippen LogP contribution in [0.3, 0.4) is 0 Å². The summed E-state index contributed by atoms with van der Waals surface area (Å²) in [6.45, 7) is 0.314. The summed E-state index contributed by atoms with van der Waals surface area (Å²) in [5, 5.41) is 0. The second kappa shape index (κ2) is 13.4. The molecular formula is C38H36N4O6S. The second-order valence-electron chi connectivity index (χ2n) is 12.0. The van der Waals surface area contributed by atoms with E-state index in [1.807, 2.05) is 77.4 Å². The van der Waals surface area contributed by atoms with Crippen molar-refractivity contribution in [2.24, 2.45) is 0 Å². The summed E-state index contributed by atoms with van der Waals surface area (Å²) in [5.41, 5.74) is 4.30. The van der Waals surface area contributed by atoms with E-state index in [0.29, 0.717) is 29.0 Å². The van der Waals surface area contributed by atoms with E-state index in [0.717, 1.165) is 41.0 Å². The van der Waals surface area contributed by atoms with Crippen LogP contribution in [0, 0.1) is 0 Å². The maximum atomic E-state index is 12.2. The van der Waals surface area contributed by atoms with E-state index in [1.165, 1.54) is 12.6 Å². The average molecular weight is 677 g/mol. The molecule has 1 fully saturated rings. The Morgan fingerprint density at radius 1 is 0.796 bits per heavy atom. The van der Waals surface area contributed by atoms with E-state index in [9.17, 15) is 8.42 Å². The molecule has 0 N–H and O–H groups in total. The van der Waals surface area contributed by atoms with Gasteiger partial charge in [0.2, 0.25) is 0 Å². The maximum Gasteiger partial charge on any atom is 0.175 e. The fraction of sp³-hybridized carbons (Fsp3) is 0.237. The third-order valence-corrected chi connectivity index (χ3v) is 10.1. The fourth-order valence-corrected chi connectivity index (χ4v) is 7.12. The highest BCUT2D eigenvalue weighted by molar-refractivity contribution is 7.90. The summed E-state index contributed by atoms with van der Waals surface area (Å²) in [5.74, 6) is 1.51. The smallest absolute Gasteiger partial charge is 0.175 e. The topological polar surface area (TPSA) is 115 Å². The van der Waals surface area contributed by atoms with E-state index in [1.54, 1.807) is 38.7 Å². The Bertz CT molecular complexity index is 2120. The molecule has 2 aromatic heterocycles. The molecule has 0 bridgehead atoms. The Hall–Kier alpha value is -5.10. The molecule has 1 saturated heterocycles. The molecule has 0 saturated carbocycles. The van der Waals surface area contributed by atoms with Gasteiger partial charge in [-0.3, -0.25) is 4.57 Å². The van der Waals surface area contributed by atoms with E-state index >= 15 is 0 Å². The number of sulfone groups is 1. The molecule has 1 aliphatic heterocycles. The summed E-state index contributed by atoms with van der Waals surface area (Å²) < 4.78 is 51.0. The Labute approximate surface area is 285 Å². The number of rotatable bonds is 11. The highest BCUT2D eigenvalue weighted by Gasteiger charge is 2.40. The largest absolute Gasteiger partial charge is 0.497 e. The van der Waals surface area contributed by atoms with Crippen molar-refractivity contribution in [3.05, 3.63) is 132 Å². The Balaban J connectivity index is 1.19. The molecule has 2 atom stereocenters. The van der Waals surface area contributed by atoms with Gasteiger partial charge in [0.15, 0.2) is 15.5 Å². The Morgan fingerprint density at radius 3 is 2.08 bits per heavy atom. The van der Waals surface area contributed by atoms with Crippen LogP contribution in [0.25, 0.3) is 22.4 Å². The van der Waals surface area contributed by atoms with Crippen molar-refractivity contribution in [3.8, 4) is 22.8 Å². The number of benzene rings is 4. The van der Waals surface area contributed by atoms with Gasteiger partial charge in [0.25, 0.3) is 0 Å². The molecule has 1 aliphatic rings. The van der Waals surface area contributed by atoms with Crippen LogP contribution in [0.15, 0.2) is 121 Å². The summed E-state index contributed by atoms with van der Waals surface area (Å²) in [6, 6.07) is 32.8. The van der Waals surface area contributed by atoms with E-state index in [4.69, 9.17) is 18.9 Å². The molecule has 0 radical (unpaired) electrons. The highest BCUT2D eigenvalue weighted by Crippen LogP contribution is 2.43. The molecule has 3 heterocycles. The lowest BCUT2D eigenvalue weighted by Crippen LogP contribution is -2.35. The molecule has 49 heavy (non-hydrogen) atoms. The zero-order chi connectivity index (χ0) is 34.0. The fourth-order valence-electron chi connectivity index (χ4n) is 6.45. The number of hydrogen-bond acceptors (Lipinski definition) is 9. The average Bonchev–Trinajstić information content (AvgIpc) is 3.80. The zero-order valence-electron chi connectivity index (χ0n) is 27.4. The lowest BCUT2D eigenvalue weighted by Gasteiger charge is -2.37. The minimum Gasteiger partial charge on any atom is -0.497 e. The first-order valence-corrected chi connectivity index (χ1v) is 17.8. The van der Waals surface area contributed by atoms with Crippen molar-refractivity contribution in [2.75, 3.05) is 27.1 Å². The maximum absolute atomic E-state index is 12.2. The number of nitrogens with zero attached hydrogens (tertiary/aromatic N) is 4. The van der Waals surface area contributed by atoms with Crippen LogP contribution < -0.4 is 9.47 Å².